The number of piperidine rings is 1. The molecular formula is C12H14F3NO. The Kier molecular flexibility index (Phi) is 3.28. The normalized spacial score (nSPS) is 21.5. The Labute approximate surface area is 97.5 Å². The van der Waals surface area contributed by atoms with E-state index in [0.717, 1.165) is 37.9 Å². The Morgan fingerprint density at radius 2 is 2.00 bits per heavy atom. The maximum Gasteiger partial charge on any atom is 0.419 e. The van der Waals surface area contributed by atoms with E-state index in [9.17, 15) is 18.3 Å². The molecule has 0 aromatic heterocycles. The van der Waals surface area contributed by atoms with Gasteiger partial charge in [-0.3, -0.25) is 0 Å². The van der Waals surface area contributed by atoms with Crippen molar-refractivity contribution in [2.75, 3.05) is 6.54 Å². The lowest BCUT2D eigenvalue weighted by molar-refractivity contribution is -0.138. The summed E-state index contributed by atoms with van der Waals surface area (Å²) in [5, 5.41) is 12.4. The third-order valence-electron chi connectivity index (χ3n) is 3.04. The number of phenols is 1. The first-order valence-corrected chi connectivity index (χ1v) is 5.62. The lowest BCUT2D eigenvalue weighted by atomic mass is 9.96. The number of aromatic hydroxyl groups is 1. The molecule has 94 valence electrons. The van der Waals surface area contributed by atoms with Crippen LogP contribution in [0.1, 0.15) is 36.4 Å². The van der Waals surface area contributed by atoms with Gasteiger partial charge in [0.05, 0.1) is 5.56 Å². The number of alkyl halides is 3. The first-order chi connectivity index (χ1) is 7.98. The van der Waals surface area contributed by atoms with Crippen LogP contribution in [0.2, 0.25) is 0 Å². The summed E-state index contributed by atoms with van der Waals surface area (Å²) in [7, 11) is 0. The Hall–Kier alpha value is -1.23. The van der Waals surface area contributed by atoms with Gasteiger partial charge in [0.25, 0.3) is 0 Å². The molecular weight excluding hydrogens is 231 g/mol. The first kappa shape index (κ1) is 12.2. The fourth-order valence-electron chi connectivity index (χ4n) is 2.13. The van der Waals surface area contributed by atoms with E-state index in [0.29, 0.717) is 5.56 Å². The van der Waals surface area contributed by atoms with Crippen LogP contribution in [0.15, 0.2) is 18.2 Å². The summed E-state index contributed by atoms with van der Waals surface area (Å²) in [6, 6.07) is 3.67. The van der Waals surface area contributed by atoms with Gasteiger partial charge in [0.2, 0.25) is 0 Å². The number of hydrogen-bond donors (Lipinski definition) is 2. The van der Waals surface area contributed by atoms with Crippen LogP contribution in [0.3, 0.4) is 0 Å². The van der Waals surface area contributed by atoms with Crippen LogP contribution in [0.4, 0.5) is 13.2 Å². The maximum absolute atomic E-state index is 12.6. The Morgan fingerprint density at radius 3 is 2.59 bits per heavy atom. The molecule has 1 fully saturated rings. The van der Waals surface area contributed by atoms with Gasteiger partial charge in [-0.1, -0.05) is 12.5 Å². The molecule has 1 heterocycles. The van der Waals surface area contributed by atoms with Crippen LogP contribution in [0, 0.1) is 0 Å². The molecule has 0 spiro atoms. The number of hydrogen-bond acceptors (Lipinski definition) is 2. The molecule has 0 amide bonds. The molecule has 2 rings (SSSR count). The average molecular weight is 245 g/mol. The highest BCUT2D eigenvalue weighted by molar-refractivity contribution is 5.39. The van der Waals surface area contributed by atoms with Gasteiger partial charge in [-0.05, 0) is 37.1 Å². The van der Waals surface area contributed by atoms with Crippen LogP contribution < -0.4 is 5.32 Å². The largest absolute Gasteiger partial charge is 0.507 e. The summed E-state index contributed by atoms with van der Waals surface area (Å²) in [5.41, 5.74) is -0.364. The van der Waals surface area contributed by atoms with E-state index in [4.69, 9.17) is 0 Å². The fraction of sp³-hybridized carbons (Fsp3) is 0.500. The Morgan fingerprint density at radius 1 is 1.24 bits per heavy atom. The highest BCUT2D eigenvalue weighted by Crippen LogP contribution is 2.37. The molecule has 17 heavy (non-hydrogen) atoms. The Balaban J connectivity index is 2.30. The smallest absolute Gasteiger partial charge is 0.419 e. The van der Waals surface area contributed by atoms with Crippen molar-refractivity contribution in [1.29, 1.82) is 0 Å². The minimum absolute atomic E-state index is 0.0366. The second-order valence-electron chi connectivity index (χ2n) is 4.28. The number of benzene rings is 1. The van der Waals surface area contributed by atoms with Gasteiger partial charge >= 0.3 is 6.18 Å². The van der Waals surface area contributed by atoms with Gasteiger partial charge in [0.1, 0.15) is 5.75 Å². The molecule has 1 atom stereocenters. The summed E-state index contributed by atoms with van der Waals surface area (Å²) in [4.78, 5) is 0. The van der Waals surface area contributed by atoms with Crippen molar-refractivity contribution in [2.24, 2.45) is 0 Å². The minimum Gasteiger partial charge on any atom is -0.507 e. The van der Waals surface area contributed by atoms with Crippen molar-refractivity contribution in [3.63, 3.8) is 0 Å². The van der Waals surface area contributed by atoms with Crippen LogP contribution in [-0.2, 0) is 6.18 Å². The van der Waals surface area contributed by atoms with Crippen molar-refractivity contribution < 1.29 is 18.3 Å². The van der Waals surface area contributed by atoms with Crippen molar-refractivity contribution in [3.05, 3.63) is 29.3 Å². The molecule has 1 aliphatic rings. The van der Waals surface area contributed by atoms with E-state index >= 15 is 0 Å². The molecule has 1 saturated heterocycles. The van der Waals surface area contributed by atoms with E-state index in [1.54, 1.807) is 6.07 Å². The number of phenolic OH excluding ortho intramolecular Hbond substituents is 1. The fourth-order valence-corrected chi connectivity index (χ4v) is 2.13. The SMILES string of the molecule is Oc1ccc(C2CCCCN2)cc1C(F)(F)F. The monoisotopic (exact) mass is 245 g/mol. The summed E-state index contributed by atoms with van der Waals surface area (Å²) in [5.74, 6) is -0.711. The third kappa shape index (κ3) is 2.72. The first-order valence-electron chi connectivity index (χ1n) is 5.62. The van der Waals surface area contributed by atoms with E-state index < -0.39 is 17.5 Å². The standard InChI is InChI=1S/C12H14F3NO/c13-12(14,15)9-7-8(4-5-11(9)17)10-3-1-2-6-16-10/h4-5,7,10,16-17H,1-3,6H2. The quantitative estimate of drug-likeness (QED) is 0.796. The molecule has 1 aliphatic heterocycles. The highest BCUT2D eigenvalue weighted by atomic mass is 19.4. The zero-order valence-corrected chi connectivity index (χ0v) is 9.22. The van der Waals surface area contributed by atoms with E-state index in [2.05, 4.69) is 5.32 Å². The average Bonchev–Trinajstić information content (AvgIpc) is 2.29. The molecule has 0 radical (unpaired) electrons. The second kappa shape index (κ2) is 4.56. The van der Waals surface area contributed by atoms with Gasteiger partial charge in [0, 0.05) is 6.04 Å². The van der Waals surface area contributed by atoms with Crippen molar-refractivity contribution in [1.82, 2.24) is 5.32 Å². The lowest BCUT2D eigenvalue weighted by Crippen LogP contribution is -2.27. The molecule has 0 saturated carbocycles. The van der Waals surface area contributed by atoms with E-state index in [-0.39, 0.29) is 6.04 Å². The molecule has 1 aromatic rings. The zero-order valence-electron chi connectivity index (χ0n) is 9.22. The van der Waals surface area contributed by atoms with Gasteiger partial charge in [-0.25, -0.2) is 0 Å². The van der Waals surface area contributed by atoms with Crippen molar-refractivity contribution in [2.45, 2.75) is 31.5 Å². The zero-order chi connectivity index (χ0) is 12.5. The number of halogens is 3. The molecule has 5 heteroatoms. The number of rotatable bonds is 1. The molecule has 1 unspecified atom stereocenters. The summed E-state index contributed by atoms with van der Waals surface area (Å²) in [6.45, 7) is 0.826. The predicted octanol–water partition coefficient (Wildman–Crippen LogP) is 3.23. The van der Waals surface area contributed by atoms with Gasteiger partial charge in [-0.2, -0.15) is 13.2 Å². The van der Waals surface area contributed by atoms with Gasteiger partial charge in [-0.15, -0.1) is 0 Å². The molecule has 2 nitrogen and oxygen atoms in total. The molecule has 2 N–H and O–H groups in total. The van der Waals surface area contributed by atoms with Crippen LogP contribution in [0.5, 0.6) is 5.75 Å². The summed E-state index contributed by atoms with van der Waals surface area (Å²) >= 11 is 0. The number of nitrogens with one attached hydrogen (secondary N) is 1. The Bertz CT molecular complexity index is 397. The highest BCUT2D eigenvalue weighted by Gasteiger charge is 2.34. The molecule has 0 aliphatic carbocycles. The second-order valence-corrected chi connectivity index (χ2v) is 4.28. The summed E-state index contributed by atoms with van der Waals surface area (Å²) in [6.07, 6.45) is -1.60. The third-order valence-corrected chi connectivity index (χ3v) is 3.04. The topological polar surface area (TPSA) is 32.3 Å². The molecule has 1 aromatic carbocycles. The van der Waals surface area contributed by atoms with Crippen molar-refractivity contribution >= 4 is 0 Å². The van der Waals surface area contributed by atoms with Crippen LogP contribution in [-0.4, -0.2) is 11.7 Å². The van der Waals surface area contributed by atoms with Crippen LogP contribution in [0.25, 0.3) is 0 Å². The maximum atomic E-state index is 12.6. The minimum atomic E-state index is -4.51. The summed E-state index contributed by atoms with van der Waals surface area (Å²) < 4.78 is 37.8. The van der Waals surface area contributed by atoms with Gasteiger partial charge in [0.15, 0.2) is 0 Å². The molecule has 0 bridgehead atoms. The van der Waals surface area contributed by atoms with Crippen molar-refractivity contribution in [3.8, 4) is 5.75 Å². The lowest BCUT2D eigenvalue weighted by Gasteiger charge is -2.24. The predicted molar refractivity (Wildman–Crippen MR) is 57.7 cm³/mol. The van der Waals surface area contributed by atoms with E-state index in [1.807, 2.05) is 0 Å². The van der Waals surface area contributed by atoms with E-state index in [1.165, 1.54) is 0 Å². The van der Waals surface area contributed by atoms with Gasteiger partial charge < -0.3 is 10.4 Å². The van der Waals surface area contributed by atoms with Crippen LogP contribution >= 0.6 is 0 Å².